The van der Waals surface area contributed by atoms with E-state index in [2.05, 4.69) is 5.32 Å². The van der Waals surface area contributed by atoms with Crippen LogP contribution in [0.1, 0.15) is 18.4 Å². The Morgan fingerprint density at radius 2 is 1.90 bits per heavy atom. The van der Waals surface area contributed by atoms with Crippen molar-refractivity contribution in [2.24, 2.45) is 5.73 Å². The summed E-state index contributed by atoms with van der Waals surface area (Å²) in [5.74, 6) is -1.99. The van der Waals surface area contributed by atoms with Crippen LogP contribution in [0.3, 0.4) is 0 Å². The fraction of sp³-hybridized carbons (Fsp3) is 0.333. The van der Waals surface area contributed by atoms with E-state index in [1.165, 1.54) is 12.1 Å². The number of aliphatic carboxylic acids is 1. The van der Waals surface area contributed by atoms with E-state index in [0.29, 0.717) is 0 Å². The van der Waals surface area contributed by atoms with Crippen LogP contribution in [0, 0.1) is 0 Å². The maximum absolute atomic E-state index is 12.7. The molecule has 0 saturated carbocycles. The molecule has 5 nitrogen and oxygen atoms in total. The van der Waals surface area contributed by atoms with E-state index >= 15 is 0 Å². The van der Waals surface area contributed by atoms with Gasteiger partial charge in [-0.2, -0.15) is 13.2 Å². The molecule has 0 aromatic heterocycles. The van der Waals surface area contributed by atoms with Crippen LogP contribution >= 0.6 is 0 Å². The summed E-state index contributed by atoms with van der Waals surface area (Å²) >= 11 is 0. The highest BCUT2D eigenvalue weighted by atomic mass is 19.4. The van der Waals surface area contributed by atoms with E-state index < -0.39 is 35.3 Å². The second kappa shape index (κ2) is 6.38. The summed E-state index contributed by atoms with van der Waals surface area (Å²) in [6, 6.07) is 3.28. The lowest BCUT2D eigenvalue weighted by molar-refractivity contribution is -0.137. The van der Waals surface area contributed by atoms with Gasteiger partial charge in [0, 0.05) is 6.42 Å². The molecule has 1 rings (SSSR count). The second-order valence-corrected chi connectivity index (χ2v) is 4.07. The van der Waals surface area contributed by atoms with Crippen molar-refractivity contribution in [3.8, 4) is 0 Å². The number of halogens is 3. The number of carboxylic acid groups (broad SMARTS) is 1. The number of hydrogen-bond acceptors (Lipinski definition) is 3. The molecule has 1 amide bonds. The van der Waals surface area contributed by atoms with Crippen molar-refractivity contribution in [3.05, 3.63) is 29.8 Å². The first-order valence-corrected chi connectivity index (χ1v) is 5.66. The van der Waals surface area contributed by atoms with Gasteiger partial charge in [-0.1, -0.05) is 12.1 Å². The molecule has 1 aromatic rings. The number of alkyl halides is 3. The number of para-hydroxylation sites is 1. The highest BCUT2D eigenvalue weighted by Gasteiger charge is 2.33. The molecule has 0 heterocycles. The maximum atomic E-state index is 12.7. The van der Waals surface area contributed by atoms with Crippen molar-refractivity contribution < 1.29 is 27.9 Å². The summed E-state index contributed by atoms with van der Waals surface area (Å²) in [6.45, 7) is 0. The fourth-order valence-corrected chi connectivity index (χ4v) is 1.47. The summed E-state index contributed by atoms with van der Waals surface area (Å²) in [5, 5.41) is 10.5. The number of carbonyl (C=O) groups excluding carboxylic acids is 1. The zero-order valence-electron chi connectivity index (χ0n) is 10.3. The molecule has 0 fully saturated rings. The van der Waals surface area contributed by atoms with Crippen LogP contribution < -0.4 is 11.1 Å². The fourth-order valence-electron chi connectivity index (χ4n) is 1.47. The van der Waals surface area contributed by atoms with Crippen LogP contribution in [0.5, 0.6) is 0 Å². The van der Waals surface area contributed by atoms with Crippen molar-refractivity contribution >= 4 is 17.6 Å². The molecule has 1 aromatic carbocycles. The first-order chi connectivity index (χ1) is 9.21. The Morgan fingerprint density at radius 1 is 1.30 bits per heavy atom. The summed E-state index contributed by atoms with van der Waals surface area (Å²) in [6.07, 6.45) is -5.10. The third-order valence-electron chi connectivity index (χ3n) is 2.50. The zero-order valence-corrected chi connectivity index (χ0v) is 10.3. The normalized spacial score (nSPS) is 12.8. The van der Waals surface area contributed by atoms with Gasteiger partial charge in [-0.25, -0.2) is 0 Å². The first-order valence-electron chi connectivity index (χ1n) is 5.66. The minimum Gasteiger partial charge on any atom is -0.481 e. The monoisotopic (exact) mass is 290 g/mol. The predicted molar refractivity (Wildman–Crippen MR) is 64.9 cm³/mol. The number of carboxylic acids is 1. The van der Waals surface area contributed by atoms with E-state index in [9.17, 15) is 22.8 Å². The Balaban J connectivity index is 2.78. The van der Waals surface area contributed by atoms with Gasteiger partial charge < -0.3 is 16.2 Å². The Morgan fingerprint density at radius 3 is 2.45 bits per heavy atom. The van der Waals surface area contributed by atoms with E-state index in [1.54, 1.807) is 0 Å². The molecule has 1 unspecified atom stereocenters. The number of nitrogens with two attached hydrogens (primary N) is 1. The molecule has 0 aliphatic heterocycles. The maximum Gasteiger partial charge on any atom is 0.418 e. The molecule has 0 aliphatic carbocycles. The number of carbonyl (C=O) groups is 2. The Labute approximate surface area is 112 Å². The van der Waals surface area contributed by atoms with Crippen molar-refractivity contribution in [2.45, 2.75) is 25.1 Å². The van der Waals surface area contributed by atoms with E-state index in [0.717, 1.165) is 12.1 Å². The molecular formula is C12H13F3N2O3. The molecule has 4 N–H and O–H groups in total. The van der Waals surface area contributed by atoms with E-state index in [-0.39, 0.29) is 12.8 Å². The minimum absolute atomic E-state index is 0.157. The molecule has 0 saturated heterocycles. The van der Waals surface area contributed by atoms with Gasteiger partial charge in [-0.15, -0.1) is 0 Å². The molecular weight excluding hydrogens is 277 g/mol. The average Bonchev–Trinajstić information content (AvgIpc) is 2.35. The molecule has 0 spiro atoms. The van der Waals surface area contributed by atoms with Crippen molar-refractivity contribution in [1.29, 1.82) is 0 Å². The van der Waals surface area contributed by atoms with Gasteiger partial charge in [-0.3, -0.25) is 9.59 Å². The van der Waals surface area contributed by atoms with Gasteiger partial charge >= 0.3 is 12.1 Å². The lowest BCUT2D eigenvalue weighted by Gasteiger charge is -2.15. The van der Waals surface area contributed by atoms with Crippen LogP contribution in [0.4, 0.5) is 18.9 Å². The van der Waals surface area contributed by atoms with Crippen LogP contribution in [0.25, 0.3) is 0 Å². The lowest BCUT2D eigenvalue weighted by Crippen LogP contribution is -2.36. The van der Waals surface area contributed by atoms with Gasteiger partial charge in [0.1, 0.15) is 0 Å². The largest absolute Gasteiger partial charge is 0.481 e. The Hall–Kier alpha value is -2.09. The highest BCUT2D eigenvalue weighted by Crippen LogP contribution is 2.34. The summed E-state index contributed by atoms with van der Waals surface area (Å²) in [4.78, 5) is 21.9. The number of rotatable bonds is 5. The molecule has 1 atom stereocenters. The summed E-state index contributed by atoms with van der Waals surface area (Å²) < 4.78 is 38.1. The molecule has 8 heteroatoms. The van der Waals surface area contributed by atoms with Crippen LogP contribution in [-0.2, 0) is 15.8 Å². The number of amides is 1. The SMILES string of the molecule is NC(CCC(=O)O)C(=O)Nc1ccccc1C(F)(F)F. The number of nitrogens with one attached hydrogen (secondary N) is 1. The Bertz CT molecular complexity index is 503. The lowest BCUT2D eigenvalue weighted by atomic mass is 10.1. The topological polar surface area (TPSA) is 92.4 Å². The van der Waals surface area contributed by atoms with Crippen molar-refractivity contribution in [2.75, 3.05) is 5.32 Å². The smallest absolute Gasteiger partial charge is 0.418 e. The quantitative estimate of drug-likeness (QED) is 0.771. The van der Waals surface area contributed by atoms with Crippen molar-refractivity contribution in [3.63, 3.8) is 0 Å². The number of anilines is 1. The number of benzene rings is 1. The molecule has 0 aliphatic rings. The third kappa shape index (κ3) is 4.54. The van der Waals surface area contributed by atoms with Gasteiger partial charge in [0.05, 0.1) is 17.3 Å². The molecule has 0 bridgehead atoms. The Kier molecular flexibility index (Phi) is 5.09. The molecule has 20 heavy (non-hydrogen) atoms. The van der Waals surface area contributed by atoms with Crippen molar-refractivity contribution in [1.82, 2.24) is 0 Å². The van der Waals surface area contributed by atoms with Gasteiger partial charge in [0.25, 0.3) is 0 Å². The first kappa shape index (κ1) is 16.0. The molecule has 110 valence electrons. The van der Waals surface area contributed by atoms with Crippen LogP contribution in [0.2, 0.25) is 0 Å². The summed E-state index contributed by atoms with van der Waals surface area (Å²) in [5.41, 5.74) is 4.02. The third-order valence-corrected chi connectivity index (χ3v) is 2.50. The number of hydrogen-bond donors (Lipinski definition) is 3. The zero-order chi connectivity index (χ0) is 15.3. The van der Waals surface area contributed by atoms with E-state index in [4.69, 9.17) is 10.8 Å². The summed E-state index contributed by atoms with van der Waals surface area (Å²) in [7, 11) is 0. The average molecular weight is 290 g/mol. The molecule has 0 radical (unpaired) electrons. The van der Waals surface area contributed by atoms with Gasteiger partial charge in [-0.05, 0) is 18.6 Å². The predicted octanol–water partition coefficient (Wildman–Crippen LogP) is 1.84. The standard InChI is InChI=1S/C12H13F3N2O3/c13-12(14,15)7-3-1-2-4-9(7)17-11(20)8(16)5-6-10(18)19/h1-4,8H,5-6,16H2,(H,17,20)(H,18,19). The second-order valence-electron chi connectivity index (χ2n) is 4.07. The van der Waals surface area contributed by atoms with Gasteiger partial charge in [0.2, 0.25) is 5.91 Å². The van der Waals surface area contributed by atoms with Gasteiger partial charge in [0.15, 0.2) is 0 Å². The van der Waals surface area contributed by atoms with E-state index in [1.807, 2.05) is 0 Å². The minimum atomic E-state index is -4.60. The van der Waals surface area contributed by atoms with Crippen LogP contribution in [0.15, 0.2) is 24.3 Å². The van der Waals surface area contributed by atoms with Crippen LogP contribution in [-0.4, -0.2) is 23.0 Å². The highest BCUT2D eigenvalue weighted by molar-refractivity contribution is 5.95.